The molecule has 0 spiro atoms. The lowest BCUT2D eigenvalue weighted by Crippen LogP contribution is -2.00. The molecule has 6 aromatic carbocycles. The Hall–Kier alpha value is -6.63. The van der Waals surface area contributed by atoms with Crippen molar-refractivity contribution >= 4 is 67.8 Å². The second-order valence-electron chi connectivity index (χ2n) is 11.6. The van der Waals surface area contributed by atoms with Crippen LogP contribution in [0, 0.1) is 13.8 Å². The van der Waals surface area contributed by atoms with E-state index in [1.165, 1.54) is 6.07 Å². The molecule has 0 atom stereocenters. The number of rotatable bonds is 11. The van der Waals surface area contributed by atoms with E-state index in [9.17, 15) is 13.0 Å². The molecule has 11 nitrogen and oxygen atoms in total. The quantitative estimate of drug-likeness (QED) is 0.0810. The van der Waals surface area contributed by atoms with E-state index in [0.29, 0.717) is 28.4 Å². The second-order valence-corrected chi connectivity index (χ2v) is 13.0. The van der Waals surface area contributed by atoms with Crippen LogP contribution in [0.5, 0.6) is 0 Å². The molecular weight excluding hydrogens is 673 g/mol. The van der Waals surface area contributed by atoms with Crippen molar-refractivity contribution in [3.8, 4) is 0 Å². The lowest BCUT2D eigenvalue weighted by atomic mass is 10.1. The van der Waals surface area contributed by atoms with Gasteiger partial charge in [-0.2, -0.15) is 49.3 Å². The SMILES string of the molecule is Cc1ccc(N=Nc2ccc(N=Nc3ccc(C=Cc4ccc(N=Nc5ccc(N=Nc6ccc(C)cc6)cc5)cc4S(=O)(=O)O)cc3)cc2)cc1. The highest BCUT2D eigenvalue weighted by atomic mass is 32.2. The molecule has 52 heavy (non-hydrogen) atoms. The zero-order chi connectivity index (χ0) is 36.3. The summed E-state index contributed by atoms with van der Waals surface area (Å²) in [4.78, 5) is -0.292. The van der Waals surface area contributed by atoms with Gasteiger partial charge < -0.3 is 0 Å². The van der Waals surface area contributed by atoms with Gasteiger partial charge in [-0.1, -0.05) is 65.7 Å². The van der Waals surface area contributed by atoms with Crippen LogP contribution in [0.1, 0.15) is 22.3 Å². The number of aryl methyl sites for hydroxylation is 2. The molecule has 6 rings (SSSR count). The third-order valence-electron chi connectivity index (χ3n) is 7.51. The van der Waals surface area contributed by atoms with E-state index in [1.807, 2.05) is 98.8 Å². The summed E-state index contributed by atoms with van der Waals surface area (Å²) < 4.78 is 34.5. The van der Waals surface area contributed by atoms with E-state index in [1.54, 1.807) is 60.7 Å². The summed E-state index contributed by atoms with van der Waals surface area (Å²) in [6.45, 7) is 4.03. The summed E-state index contributed by atoms with van der Waals surface area (Å²) >= 11 is 0. The van der Waals surface area contributed by atoms with Gasteiger partial charge in [-0.05, 0) is 122 Å². The number of hydrogen-bond donors (Lipinski definition) is 1. The molecule has 0 aromatic heterocycles. The fraction of sp³-hybridized carbons (Fsp3) is 0.0500. The maximum Gasteiger partial charge on any atom is 0.295 e. The van der Waals surface area contributed by atoms with Crippen LogP contribution < -0.4 is 0 Å². The topological polar surface area (TPSA) is 153 Å². The molecule has 1 N–H and O–H groups in total. The van der Waals surface area contributed by atoms with Crippen LogP contribution >= 0.6 is 0 Å². The van der Waals surface area contributed by atoms with Gasteiger partial charge in [-0.25, -0.2) is 0 Å². The molecular formula is C40H32N8O3S. The van der Waals surface area contributed by atoms with E-state index >= 15 is 0 Å². The van der Waals surface area contributed by atoms with E-state index < -0.39 is 10.1 Å². The zero-order valence-electron chi connectivity index (χ0n) is 28.2. The fourth-order valence-electron chi connectivity index (χ4n) is 4.64. The van der Waals surface area contributed by atoms with E-state index in [4.69, 9.17) is 0 Å². The van der Waals surface area contributed by atoms with Gasteiger partial charge in [0.25, 0.3) is 10.1 Å². The molecule has 0 aliphatic carbocycles. The lowest BCUT2D eigenvalue weighted by molar-refractivity contribution is 0.483. The Balaban J connectivity index is 1.07. The van der Waals surface area contributed by atoms with Crippen molar-refractivity contribution in [2.75, 3.05) is 0 Å². The maximum absolute atomic E-state index is 12.3. The maximum atomic E-state index is 12.3. The van der Waals surface area contributed by atoms with E-state index in [-0.39, 0.29) is 16.1 Å². The van der Waals surface area contributed by atoms with Crippen LogP contribution in [0.2, 0.25) is 0 Å². The minimum Gasteiger partial charge on any atom is -0.282 e. The fourth-order valence-corrected chi connectivity index (χ4v) is 5.34. The first-order valence-corrected chi connectivity index (χ1v) is 17.5. The third kappa shape index (κ3) is 10.2. The smallest absolute Gasteiger partial charge is 0.282 e. The molecule has 0 aliphatic heterocycles. The highest BCUT2D eigenvalue weighted by Crippen LogP contribution is 2.28. The summed E-state index contributed by atoms with van der Waals surface area (Å²) in [5.74, 6) is 0. The first kappa shape index (κ1) is 35.2. The number of benzene rings is 6. The van der Waals surface area contributed by atoms with Gasteiger partial charge in [0.05, 0.1) is 45.5 Å². The molecule has 0 aliphatic rings. The summed E-state index contributed by atoms with van der Waals surface area (Å²) in [7, 11) is -4.56. The molecule has 0 unspecified atom stereocenters. The van der Waals surface area contributed by atoms with Crippen molar-refractivity contribution < 1.29 is 13.0 Å². The van der Waals surface area contributed by atoms with Gasteiger partial charge in [0.1, 0.15) is 4.90 Å². The van der Waals surface area contributed by atoms with Gasteiger partial charge in [0.15, 0.2) is 0 Å². The number of azo groups is 4. The normalized spacial score (nSPS) is 12.3. The van der Waals surface area contributed by atoms with Crippen molar-refractivity contribution in [2.24, 2.45) is 40.9 Å². The minimum atomic E-state index is -4.56. The summed E-state index contributed by atoms with van der Waals surface area (Å²) in [5, 5.41) is 33.9. The van der Waals surface area contributed by atoms with Crippen LogP contribution in [0.15, 0.2) is 185 Å². The average Bonchev–Trinajstić information content (AvgIpc) is 3.16. The van der Waals surface area contributed by atoms with Gasteiger partial charge >= 0.3 is 0 Å². The molecule has 256 valence electrons. The molecule has 0 radical (unpaired) electrons. The third-order valence-corrected chi connectivity index (χ3v) is 8.42. The van der Waals surface area contributed by atoms with E-state index in [2.05, 4.69) is 40.9 Å². The second kappa shape index (κ2) is 16.4. The van der Waals surface area contributed by atoms with Crippen LogP contribution in [0.3, 0.4) is 0 Å². The Morgan fingerprint density at radius 1 is 0.404 bits per heavy atom. The molecule has 6 aromatic rings. The predicted octanol–water partition coefficient (Wildman–Crippen LogP) is 13.4. The van der Waals surface area contributed by atoms with Crippen molar-refractivity contribution in [1.29, 1.82) is 0 Å². The minimum absolute atomic E-state index is 0.254. The monoisotopic (exact) mass is 704 g/mol. The Morgan fingerprint density at radius 3 is 1.04 bits per heavy atom. The molecule has 0 heterocycles. The highest BCUT2D eigenvalue weighted by molar-refractivity contribution is 7.86. The Kier molecular flexibility index (Phi) is 11.1. The van der Waals surface area contributed by atoms with Crippen LogP contribution in [-0.4, -0.2) is 13.0 Å². The molecule has 0 bridgehead atoms. The Morgan fingerprint density at radius 2 is 0.692 bits per heavy atom. The van der Waals surface area contributed by atoms with Gasteiger partial charge in [-0.3, -0.25) is 4.55 Å². The predicted molar refractivity (Wildman–Crippen MR) is 204 cm³/mol. The van der Waals surface area contributed by atoms with Crippen molar-refractivity contribution in [3.05, 3.63) is 162 Å². The largest absolute Gasteiger partial charge is 0.295 e. The highest BCUT2D eigenvalue weighted by Gasteiger charge is 2.15. The Bertz CT molecular complexity index is 2410. The van der Waals surface area contributed by atoms with Crippen molar-refractivity contribution in [3.63, 3.8) is 0 Å². The molecule has 12 heteroatoms. The molecule has 0 fully saturated rings. The molecule has 0 saturated carbocycles. The van der Waals surface area contributed by atoms with Crippen LogP contribution in [-0.2, 0) is 10.1 Å². The Labute approximate surface area is 301 Å². The number of hydrogen-bond acceptors (Lipinski definition) is 10. The standard InChI is InChI=1S/C40H32N8O3S/c1-28-3-12-32(13-4-28)41-44-35-19-21-37(22-20-35)46-43-34-16-8-30(9-17-34)7-10-31-11-18-39(27-40(31)52(49,50)51)48-47-38-25-23-36(24-26-38)45-42-33-14-5-29(2)6-15-33/h3-27H,1-2H3,(H,49,50,51). The zero-order valence-corrected chi connectivity index (χ0v) is 29.0. The van der Waals surface area contributed by atoms with E-state index in [0.717, 1.165) is 28.1 Å². The van der Waals surface area contributed by atoms with Gasteiger partial charge in [-0.15, -0.1) is 0 Å². The summed E-state index contributed by atoms with van der Waals surface area (Å²) in [6.07, 6.45) is 3.33. The molecule has 0 saturated heterocycles. The average molecular weight is 705 g/mol. The van der Waals surface area contributed by atoms with Crippen molar-refractivity contribution in [2.45, 2.75) is 18.7 Å². The first-order valence-electron chi connectivity index (χ1n) is 16.1. The number of nitrogens with zero attached hydrogens (tertiary/aromatic N) is 8. The van der Waals surface area contributed by atoms with Gasteiger partial charge in [0, 0.05) is 0 Å². The first-order chi connectivity index (χ1) is 25.2. The van der Waals surface area contributed by atoms with Crippen molar-refractivity contribution in [1.82, 2.24) is 0 Å². The summed E-state index contributed by atoms with van der Waals surface area (Å²) in [6, 6.07) is 41.4. The van der Waals surface area contributed by atoms with Crippen LogP contribution in [0.25, 0.3) is 12.2 Å². The summed E-state index contributed by atoms with van der Waals surface area (Å²) in [5.41, 5.74) is 8.33. The van der Waals surface area contributed by atoms with Crippen LogP contribution in [0.4, 0.5) is 45.5 Å². The lowest BCUT2D eigenvalue weighted by Gasteiger charge is -2.04. The van der Waals surface area contributed by atoms with Gasteiger partial charge in [0.2, 0.25) is 0 Å². The molecule has 0 amide bonds.